The molecule has 0 amide bonds. The fourth-order valence-electron chi connectivity index (χ4n) is 0.370. The summed E-state index contributed by atoms with van der Waals surface area (Å²) in [5, 5.41) is 8.35. The molecule has 11 heavy (non-hydrogen) atoms. The number of allylic oxidation sites excluding steroid dienone is 5. The fourth-order valence-corrected chi connectivity index (χ4v) is 0.370. The third-order valence-electron chi connectivity index (χ3n) is 0.852. The van der Waals surface area contributed by atoms with E-state index in [-0.39, 0.29) is 0 Å². The Morgan fingerprint density at radius 2 is 2.00 bits per heavy atom. The van der Waals surface area contributed by atoms with Crippen molar-refractivity contribution in [2.75, 3.05) is 0 Å². The number of hydrogen-bond acceptors (Lipinski definition) is 1. The van der Waals surface area contributed by atoms with Crippen molar-refractivity contribution in [3.8, 4) is 6.07 Å². The van der Waals surface area contributed by atoms with Crippen molar-refractivity contribution in [3.63, 3.8) is 0 Å². The molecule has 0 radical (unpaired) electrons. The molecule has 0 N–H and O–H groups in total. The zero-order valence-electron chi connectivity index (χ0n) is 7.46. The van der Waals surface area contributed by atoms with Gasteiger partial charge in [-0.15, -0.1) is 0 Å². The van der Waals surface area contributed by atoms with Gasteiger partial charge in [0.1, 0.15) is 0 Å². The Morgan fingerprint density at radius 1 is 1.45 bits per heavy atom. The summed E-state index contributed by atoms with van der Waals surface area (Å²) in [6.45, 7) is 9.30. The minimum atomic E-state index is 0.662. The monoisotopic (exact) mass is 149 g/mol. The van der Waals surface area contributed by atoms with E-state index in [4.69, 9.17) is 5.26 Å². The molecule has 0 saturated carbocycles. The molecule has 0 aliphatic carbocycles. The molecule has 0 spiro atoms. The predicted octanol–water partition coefficient (Wildman–Crippen LogP) is 3.22. The highest BCUT2D eigenvalue weighted by Crippen LogP contribution is 1.92. The van der Waals surface area contributed by atoms with Crippen LogP contribution < -0.4 is 0 Å². The van der Waals surface area contributed by atoms with Gasteiger partial charge < -0.3 is 0 Å². The smallest absolute Gasteiger partial charge is 0.0988 e. The molecule has 60 valence electrons. The SMILES string of the molecule is C=C/C=C\C(C#N)=C/C.CC. The molecule has 0 aromatic carbocycles. The van der Waals surface area contributed by atoms with Crippen LogP contribution in [-0.2, 0) is 0 Å². The van der Waals surface area contributed by atoms with Crippen molar-refractivity contribution in [2.24, 2.45) is 0 Å². The number of hydrogen-bond donors (Lipinski definition) is 0. The lowest BCUT2D eigenvalue weighted by Gasteiger charge is -1.79. The first-order valence-corrected chi connectivity index (χ1v) is 3.70. The van der Waals surface area contributed by atoms with E-state index in [1.54, 1.807) is 24.3 Å². The molecule has 0 heterocycles. The molecule has 0 bridgehead atoms. The highest BCUT2D eigenvalue weighted by molar-refractivity contribution is 5.33. The molecule has 0 aliphatic heterocycles. The molecule has 1 heteroatoms. The Bertz CT molecular complexity index is 180. The van der Waals surface area contributed by atoms with E-state index in [0.29, 0.717) is 5.57 Å². The summed E-state index contributed by atoms with van der Waals surface area (Å²) < 4.78 is 0. The van der Waals surface area contributed by atoms with Gasteiger partial charge in [0, 0.05) is 5.57 Å². The lowest BCUT2D eigenvalue weighted by Crippen LogP contribution is -1.65. The lowest BCUT2D eigenvalue weighted by molar-refractivity contribution is 1.48. The second kappa shape index (κ2) is 11.5. The molecule has 0 unspecified atom stereocenters. The van der Waals surface area contributed by atoms with Gasteiger partial charge in [-0.3, -0.25) is 0 Å². The van der Waals surface area contributed by atoms with Crippen molar-refractivity contribution in [1.29, 1.82) is 5.26 Å². The van der Waals surface area contributed by atoms with E-state index in [0.717, 1.165) is 0 Å². The first kappa shape index (κ1) is 12.4. The quantitative estimate of drug-likeness (QED) is 0.437. The zero-order chi connectivity index (χ0) is 9.11. The number of nitrogens with zero attached hydrogens (tertiary/aromatic N) is 1. The van der Waals surface area contributed by atoms with Gasteiger partial charge in [-0.25, -0.2) is 0 Å². The van der Waals surface area contributed by atoms with Crippen LogP contribution in [0.5, 0.6) is 0 Å². The lowest BCUT2D eigenvalue weighted by atomic mass is 10.2. The number of nitriles is 1. The van der Waals surface area contributed by atoms with Gasteiger partial charge in [-0.1, -0.05) is 38.7 Å². The molecule has 0 atom stereocenters. The summed E-state index contributed by atoms with van der Waals surface area (Å²) >= 11 is 0. The van der Waals surface area contributed by atoms with E-state index in [1.807, 2.05) is 26.8 Å². The maximum Gasteiger partial charge on any atom is 0.0988 e. The van der Waals surface area contributed by atoms with E-state index in [2.05, 4.69) is 6.58 Å². The van der Waals surface area contributed by atoms with Gasteiger partial charge in [-0.2, -0.15) is 5.26 Å². The van der Waals surface area contributed by atoms with E-state index < -0.39 is 0 Å². The highest BCUT2D eigenvalue weighted by atomic mass is 14.2. The Labute approximate surface area is 69.4 Å². The molecule has 1 nitrogen and oxygen atoms in total. The Balaban J connectivity index is 0. The van der Waals surface area contributed by atoms with Crippen LogP contribution in [0.2, 0.25) is 0 Å². The Hall–Kier alpha value is -1.29. The van der Waals surface area contributed by atoms with Gasteiger partial charge in [0.25, 0.3) is 0 Å². The first-order chi connectivity index (χ1) is 5.35. The van der Waals surface area contributed by atoms with E-state index >= 15 is 0 Å². The average molecular weight is 149 g/mol. The molecule has 0 saturated heterocycles. The maximum absolute atomic E-state index is 8.35. The molecule has 0 rings (SSSR count). The summed E-state index contributed by atoms with van der Waals surface area (Å²) in [6, 6.07) is 2.01. The topological polar surface area (TPSA) is 23.8 Å². The third-order valence-corrected chi connectivity index (χ3v) is 0.852. The standard InChI is InChI=1S/C8H9N.C2H6/c1-3-5-6-8(4-2)7-9;1-2/h3-6H,1H2,2H3;1-2H3/b6-5-,8-4+;. The van der Waals surface area contributed by atoms with Crippen molar-refractivity contribution in [3.05, 3.63) is 36.5 Å². The van der Waals surface area contributed by atoms with Crippen LogP contribution in [0.1, 0.15) is 20.8 Å². The Morgan fingerprint density at radius 3 is 2.27 bits per heavy atom. The maximum atomic E-state index is 8.35. The van der Waals surface area contributed by atoms with Crippen LogP contribution in [-0.4, -0.2) is 0 Å². The van der Waals surface area contributed by atoms with Crippen molar-refractivity contribution in [2.45, 2.75) is 20.8 Å². The second-order valence-electron chi connectivity index (χ2n) is 1.45. The summed E-state index contributed by atoms with van der Waals surface area (Å²) in [6.07, 6.45) is 6.84. The minimum Gasteiger partial charge on any atom is -0.192 e. The zero-order valence-corrected chi connectivity index (χ0v) is 7.46. The normalized spacial score (nSPS) is 9.82. The van der Waals surface area contributed by atoms with Crippen LogP contribution >= 0.6 is 0 Å². The number of rotatable bonds is 2. The molecule has 0 aromatic rings. The summed E-state index contributed by atoms with van der Waals surface area (Å²) in [4.78, 5) is 0. The van der Waals surface area contributed by atoms with Crippen molar-refractivity contribution < 1.29 is 0 Å². The van der Waals surface area contributed by atoms with E-state index in [1.165, 1.54) is 0 Å². The summed E-state index contributed by atoms with van der Waals surface area (Å²) in [5.74, 6) is 0. The van der Waals surface area contributed by atoms with Crippen LogP contribution in [0.15, 0.2) is 36.5 Å². The molecule has 0 aliphatic rings. The van der Waals surface area contributed by atoms with Gasteiger partial charge in [0.05, 0.1) is 6.07 Å². The molecular formula is C10H15N. The summed E-state index contributed by atoms with van der Waals surface area (Å²) in [7, 11) is 0. The second-order valence-corrected chi connectivity index (χ2v) is 1.45. The van der Waals surface area contributed by atoms with Crippen LogP contribution in [0.25, 0.3) is 0 Å². The van der Waals surface area contributed by atoms with Crippen LogP contribution in [0.3, 0.4) is 0 Å². The molecule has 0 aromatic heterocycles. The first-order valence-electron chi connectivity index (χ1n) is 3.70. The molecule has 0 fully saturated rings. The highest BCUT2D eigenvalue weighted by Gasteiger charge is 1.79. The van der Waals surface area contributed by atoms with Gasteiger partial charge in [0.15, 0.2) is 0 Å². The molecular weight excluding hydrogens is 134 g/mol. The Kier molecular flexibility index (Phi) is 13.0. The van der Waals surface area contributed by atoms with Gasteiger partial charge in [0.2, 0.25) is 0 Å². The fraction of sp³-hybridized carbons (Fsp3) is 0.300. The van der Waals surface area contributed by atoms with Crippen LogP contribution in [0.4, 0.5) is 0 Å². The minimum absolute atomic E-state index is 0.662. The average Bonchev–Trinajstić information content (AvgIpc) is 2.10. The van der Waals surface area contributed by atoms with Crippen molar-refractivity contribution >= 4 is 0 Å². The third kappa shape index (κ3) is 8.71. The van der Waals surface area contributed by atoms with Gasteiger partial charge >= 0.3 is 0 Å². The van der Waals surface area contributed by atoms with Gasteiger partial charge in [-0.05, 0) is 13.0 Å². The largest absolute Gasteiger partial charge is 0.192 e. The summed E-state index contributed by atoms with van der Waals surface area (Å²) in [5.41, 5.74) is 0.662. The van der Waals surface area contributed by atoms with Crippen molar-refractivity contribution in [1.82, 2.24) is 0 Å². The van der Waals surface area contributed by atoms with Crippen LogP contribution in [0, 0.1) is 11.3 Å². The van der Waals surface area contributed by atoms with E-state index in [9.17, 15) is 0 Å². The predicted molar refractivity (Wildman–Crippen MR) is 50.1 cm³/mol.